The second-order valence-electron chi connectivity index (χ2n) is 6.09. The molecule has 0 aliphatic carbocycles. The lowest BCUT2D eigenvalue weighted by atomic mass is 10.1. The van der Waals surface area contributed by atoms with Crippen LogP contribution in [0.25, 0.3) is 0 Å². The molecule has 1 saturated heterocycles. The predicted octanol–water partition coefficient (Wildman–Crippen LogP) is 3.32. The highest BCUT2D eigenvalue weighted by atomic mass is 35.5. The van der Waals surface area contributed by atoms with E-state index in [2.05, 4.69) is 5.32 Å². The number of aryl methyl sites for hydroxylation is 1. The molecule has 4 nitrogen and oxygen atoms in total. The van der Waals surface area contributed by atoms with Gasteiger partial charge in [-0.15, -0.1) is 0 Å². The average Bonchev–Trinajstić information content (AvgIpc) is 2.97. The molecule has 1 fully saturated rings. The van der Waals surface area contributed by atoms with E-state index in [1.165, 1.54) is 0 Å². The summed E-state index contributed by atoms with van der Waals surface area (Å²) < 4.78 is 0. The first-order chi connectivity index (χ1) is 11.5. The molecule has 1 unspecified atom stereocenters. The van der Waals surface area contributed by atoms with E-state index in [1.54, 1.807) is 17.0 Å². The summed E-state index contributed by atoms with van der Waals surface area (Å²) in [6.07, 6.45) is 0.250. The Hall–Kier alpha value is -2.33. The monoisotopic (exact) mass is 342 g/mol. The molecule has 0 bridgehead atoms. The van der Waals surface area contributed by atoms with Gasteiger partial charge in [-0.2, -0.15) is 0 Å². The van der Waals surface area contributed by atoms with E-state index < -0.39 is 0 Å². The number of carbonyl (C=O) groups is 2. The van der Waals surface area contributed by atoms with E-state index in [1.807, 2.05) is 43.3 Å². The maximum Gasteiger partial charge on any atom is 0.227 e. The number of benzene rings is 2. The van der Waals surface area contributed by atoms with Gasteiger partial charge in [0.2, 0.25) is 11.8 Å². The highest BCUT2D eigenvalue weighted by molar-refractivity contribution is 6.30. The van der Waals surface area contributed by atoms with Gasteiger partial charge in [-0.1, -0.05) is 41.4 Å². The van der Waals surface area contributed by atoms with Crippen molar-refractivity contribution >= 4 is 29.1 Å². The number of hydrogen-bond acceptors (Lipinski definition) is 2. The quantitative estimate of drug-likeness (QED) is 0.926. The van der Waals surface area contributed by atoms with Crippen molar-refractivity contribution in [1.82, 2.24) is 5.32 Å². The first-order valence-electron chi connectivity index (χ1n) is 7.92. The summed E-state index contributed by atoms with van der Waals surface area (Å²) in [4.78, 5) is 26.3. The van der Waals surface area contributed by atoms with Gasteiger partial charge in [0.15, 0.2) is 0 Å². The molecule has 1 heterocycles. The van der Waals surface area contributed by atoms with Crippen LogP contribution in [0.15, 0.2) is 48.5 Å². The van der Waals surface area contributed by atoms with Crippen LogP contribution in [0.3, 0.4) is 0 Å². The first-order valence-corrected chi connectivity index (χ1v) is 8.30. The van der Waals surface area contributed by atoms with E-state index in [0.29, 0.717) is 18.1 Å². The number of carbonyl (C=O) groups excluding carboxylic acids is 2. The Morgan fingerprint density at radius 1 is 1.17 bits per heavy atom. The molecule has 1 atom stereocenters. The fourth-order valence-electron chi connectivity index (χ4n) is 2.79. The largest absolute Gasteiger partial charge is 0.352 e. The van der Waals surface area contributed by atoms with Crippen molar-refractivity contribution < 1.29 is 9.59 Å². The standard InChI is InChI=1S/C19H19ClN2O2/c1-13-2-8-17(9-3-13)22-12-15(10-18(22)23)19(24)21-11-14-4-6-16(20)7-5-14/h2-9,15H,10-12H2,1H3,(H,21,24). The number of halogens is 1. The molecule has 1 N–H and O–H groups in total. The van der Waals surface area contributed by atoms with Crippen molar-refractivity contribution in [1.29, 1.82) is 0 Å². The zero-order chi connectivity index (χ0) is 17.1. The van der Waals surface area contributed by atoms with Crippen molar-refractivity contribution in [2.45, 2.75) is 19.9 Å². The first kappa shape index (κ1) is 16.5. The summed E-state index contributed by atoms with van der Waals surface area (Å²) in [5, 5.41) is 3.57. The third-order valence-electron chi connectivity index (χ3n) is 4.22. The lowest BCUT2D eigenvalue weighted by Crippen LogP contribution is -2.32. The van der Waals surface area contributed by atoms with E-state index >= 15 is 0 Å². The Bertz CT molecular complexity index is 741. The Balaban J connectivity index is 1.59. The Labute approximate surface area is 146 Å². The second kappa shape index (κ2) is 7.05. The SMILES string of the molecule is Cc1ccc(N2CC(C(=O)NCc3ccc(Cl)cc3)CC2=O)cc1. The van der Waals surface area contributed by atoms with Gasteiger partial charge >= 0.3 is 0 Å². The minimum Gasteiger partial charge on any atom is -0.352 e. The van der Waals surface area contributed by atoms with Gasteiger partial charge in [0.25, 0.3) is 0 Å². The summed E-state index contributed by atoms with van der Waals surface area (Å²) in [6, 6.07) is 15.1. The van der Waals surface area contributed by atoms with Crippen molar-refractivity contribution in [2.24, 2.45) is 5.92 Å². The van der Waals surface area contributed by atoms with Crippen LogP contribution >= 0.6 is 11.6 Å². The zero-order valence-electron chi connectivity index (χ0n) is 13.5. The molecule has 1 aliphatic rings. The summed E-state index contributed by atoms with van der Waals surface area (Å²) in [5.41, 5.74) is 2.97. The lowest BCUT2D eigenvalue weighted by molar-refractivity contribution is -0.126. The molecule has 0 aromatic heterocycles. The van der Waals surface area contributed by atoms with Gasteiger partial charge in [-0.3, -0.25) is 9.59 Å². The summed E-state index contributed by atoms with van der Waals surface area (Å²) >= 11 is 5.85. The molecule has 0 spiro atoms. The number of hydrogen-bond donors (Lipinski definition) is 1. The molecule has 5 heteroatoms. The van der Waals surface area contributed by atoms with Gasteiger partial charge in [-0.25, -0.2) is 0 Å². The smallest absolute Gasteiger partial charge is 0.227 e. The lowest BCUT2D eigenvalue weighted by Gasteiger charge is -2.17. The van der Waals surface area contributed by atoms with Crippen LogP contribution in [-0.2, 0) is 16.1 Å². The maximum absolute atomic E-state index is 12.3. The van der Waals surface area contributed by atoms with Crippen LogP contribution < -0.4 is 10.2 Å². The number of amides is 2. The van der Waals surface area contributed by atoms with Crippen LogP contribution in [0.2, 0.25) is 5.02 Å². The van der Waals surface area contributed by atoms with Gasteiger partial charge in [0.1, 0.15) is 0 Å². The van der Waals surface area contributed by atoms with Crippen LogP contribution in [0.1, 0.15) is 17.5 Å². The molecule has 2 aromatic carbocycles. The number of nitrogens with zero attached hydrogens (tertiary/aromatic N) is 1. The van der Waals surface area contributed by atoms with Crippen LogP contribution in [-0.4, -0.2) is 18.4 Å². The predicted molar refractivity (Wildman–Crippen MR) is 94.9 cm³/mol. The Morgan fingerprint density at radius 3 is 2.50 bits per heavy atom. The molecule has 24 heavy (non-hydrogen) atoms. The van der Waals surface area contributed by atoms with Gasteiger partial charge in [0.05, 0.1) is 5.92 Å². The third kappa shape index (κ3) is 3.77. The number of nitrogens with one attached hydrogen (secondary N) is 1. The van der Waals surface area contributed by atoms with E-state index in [4.69, 9.17) is 11.6 Å². The summed E-state index contributed by atoms with van der Waals surface area (Å²) in [7, 11) is 0. The van der Waals surface area contributed by atoms with Crippen LogP contribution in [0, 0.1) is 12.8 Å². The molecule has 0 saturated carbocycles. The van der Waals surface area contributed by atoms with Gasteiger partial charge < -0.3 is 10.2 Å². The molecule has 1 aliphatic heterocycles. The van der Waals surface area contributed by atoms with Crippen molar-refractivity contribution in [3.8, 4) is 0 Å². The van der Waals surface area contributed by atoms with E-state index in [-0.39, 0.29) is 24.2 Å². The normalized spacial score (nSPS) is 17.2. The topological polar surface area (TPSA) is 49.4 Å². The molecule has 124 valence electrons. The Kier molecular flexibility index (Phi) is 4.86. The third-order valence-corrected chi connectivity index (χ3v) is 4.47. The van der Waals surface area contributed by atoms with Gasteiger partial charge in [-0.05, 0) is 36.8 Å². The summed E-state index contributed by atoms with van der Waals surface area (Å²) in [5.74, 6) is -0.412. The van der Waals surface area contributed by atoms with Crippen molar-refractivity contribution in [3.63, 3.8) is 0 Å². The molecule has 2 amide bonds. The number of rotatable bonds is 4. The molecule has 2 aromatic rings. The molecule has 0 radical (unpaired) electrons. The average molecular weight is 343 g/mol. The zero-order valence-corrected chi connectivity index (χ0v) is 14.2. The van der Waals surface area contributed by atoms with Crippen LogP contribution in [0.5, 0.6) is 0 Å². The van der Waals surface area contributed by atoms with E-state index in [0.717, 1.165) is 16.8 Å². The molecular weight excluding hydrogens is 324 g/mol. The Morgan fingerprint density at radius 2 is 1.83 bits per heavy atom. The highest BCUT2D eigenvalue weighted by Gasteiger charge is 2.34. The maximum atomic E-state index is 12.3. The highest BCUT2D eigenvalue weighted by Crippen LogP contribution is 2.25. The minimum absolute atomic E-state index is 0.00880. The summed E-state index contributed by atoms with van der Waals surface area (Å²) in [6.45, 7) is 2.86. The van der Waals surface area contributed by atoms with Crippen LogP contribution in [0.4, 0.5) is 5.69 Å². The number of anilines is 1. The second-order valence-corrected chi connectivity index (χ2v) is 6.52. The fourth-order valence-corrected chi connectivity index (χ4v) is 2.92. The van der Waals surface area contributed by atoms with Gasteiger partial charge in [0, 0.05) is 30.2 Å². The van der Waals surface area contributed by atoms with Crippen molar-refractivity contribution in [3.05, 3.63) is 64.7 Å². The molecular formula is C19H19ClN2O2. The minimum atomic E-state index is -0.314. The fraction of sp³-hybridized carbons (Fsp3) is 0.263. The molecule has 3 rings (SSSR count). The van der Waals surface area contributed by atoms with Crippen molar-refractivity contribution in [2.75, 3.05) is 11.4 Å². The van der Waals surface area contributed by atoms with E-state index in [9.17, 15) is 9.59 Å².